The number of nitrogens with zero attached hydrogens (tertiary/aromatic N) is 4. The van der Waals surface area contributed by atoms with E-state index in [2.05, 4.69) is 16.1 Å². The molecule has 0 bridgehead atoms. The summed E-state index contributed by atoms with van der Waals surface area (Å²) < 4.78 is 2.65. The smallest absolute Gasteiger partial charge is 0.257 e. The Hall–Kier alpha value is -2.15. The van der Waals surface area contributed by atoms with E-state index in [1.165, 1.54) is 4.88 Å². The van der Waals surface area contributed by atoms with E-state index in [4.69, 9.17) is 11.6 Å². The predicted molar refractivity (Wildman–Crippen MR) is 109 cm³/mol. The number of hydrogen-bond acceptors (Lipinski definition) is 4. The van der Waals surface area contributed by atoms with Crippen molar-refractivity contribution in [3.8, 4) is 5.69 Å². The number of thiophene rings is 1. The molecule has 0 radical (unpaired) electrons. The Morgan fingerprint density at radius 2 is 1.85 bits per heavy atom. The quantitative estimate of drug-likeness (QED) is 0.667. The van der Waals surface area contributed by atoms with E-state index in [1.54, 1.807) is 17.5 Å². The molecule has 0 saturated carbocycles. The summed E-state index contributed by atoms with van der Waals surface area (Å²) in [5.41, 5.74) is 2.52. The van der Waals surface area contributed by atoms with Gasteiger partial charge in [0.2, 0.25) is 0 Å². The van der Waals surface area contributed by atoms with Crippen LogP contribution in [0.5, 0.6) is 0 Å². The van der Waals surface area contributed by atoms with Crippen LogP contribution in [0.3, 0.4) is 0 Å². The van der Waals surface area contributed by atoms with E-state index in [1.807, 2.05) is 52.9 Å². The molecule has 4 rings (SSSR count). The van der Waals surface area contributed by atoms with Crippen molar-refractivity contribution in [2.75, 3.05) is 26.2 Å². The van der Waals surface area contributed by atoms with Crippen molar-refractivity contribution < 1.29 is 4.79 Å². The number of rotatable bonds is 4. The lowest BCUT2D eigenvalue weighted by Gasteiger charge is -2.34. The number of aromatic nitrogens is 2. The van der Waals surface area contributed by atoms with E-state index >= 15 is 0 Å². The first-order valence-corrected chi connectivity index (χ1v) is 10.2. The summed E-state index contributed by atoms with van der Waals surface area (Å²) in [6.07, 6.45) is 1.69. The van der Waals surface area contributed by atoms with Gasteiger partial charge in [0.15, 0.2) is 0 Å². The molecule has 7 heteroatoms. The first kappa shape index (κ1) is 18.2. The molecule has 2 aromatic heterocycles. The molecule has 1 saturated heterocycles. The Labute approximate surface area is 167 Å². The number of amides is 1. The van der Waals surface area contributed by atoms with Crippen LogP contribution in [-0.2, 0) is 6.54 Å². The highest BCUT2D eigenvalue weighted by atomic mass is 35.5. The lowest BCUT2D eigenvalue weighted by Crippen LogP contribution is -2.48. The van der Waals surface area contributed by atoms with Gasteiger partial charge in [0, 0.05) is 37.6 Å². The third kappa shape index (κ3) is 3.93. The monoisotopic (exact) mass is 400 g/mol. The van der Waals surface area contributed by atoms with Crippen LogP contribution in [0, 0.1) is 6.92 Å². The van der Waals surface area contributed by atoms with Gasteiger partial charge in [-0.05, 0) is 31.2 Å². The molecule has 1 aromatic carbocycles. The molecule has 0 N–H and O–H groups in total. The number of piperazine rings is 1. The SMILES string of the molecule is Cc1c(C(=O)N2CCN(Cc3ccc(Cl)s3)CC2)cnn1-c1ccccc1. The average molecular weight is 401 g/mol. The molecule has 3 heterocycles. The predicted octanol–water partition coefficient (Wildman–Crippen LogP) is 3.85. The number of carbonyl (C=O) groups excluding carboxylic acids is 1. The Bertz CT molecular complexity index is 929. The highest BCUT2D eigenvalue weighted by Gasteiger charge is 2.25. The van der Waals surface area contributed by atoms with Crippen LogP contribution >= 0.6 is 22.9 Å². The molecular weight excluding hydrogens is 380 g/mol. The highest BCUT2D eigenvalue weighted by Crippen LogP contribution is 2.23. The number of carbonyl (C=O) groups is 1. The van der Waals surface area contributed by atoms with Gasteiger partial charge in [-0.15, -0.1) is 11.3 Å². The first-order valence-electron chi connectivity index (χ1n) is 8.98. The molecule has 0 atom stereocenters. The van der Waals surface area contributed by atoms with Gasteiger partial charge in [-0.3, -0.25) is 9.69 Å². The maximum Gasteiger partial charge on any atom is 0.257 e. The van der Waals surface area contributed by atoms with Crippen molar-refractivity contribution in [1.82, 2.24) is 19.6 Å². The number of halogens is 1. The van der Waals surface area contributed by atoms with E-state index in [9.17, 15) is 4.79 Å². The molecule has 1 fully saturated rings. The van der Waals surface area contributed by atoms with Gasteiger partial charge >= 0.3 is 0 Å². The fourth-order valence-electron chi connectivity index (χ4n) is 3.39. The second kappa shape index (κ2) is 7.84. The number of para-hydroxylation sites is 1. The van der Waals surface area contributed by atoms with Gasteiger partial charge in [0.1, 0.15) is 0 Å². The van der Waals surface area contributed by atoms with Crippen molar-refractivity contribution in [3.05, 3.63) is 69.1 Å². The van der Waals surface area contributed by atoms with Gasteiger partial charge in [0.05, 0.1) is 27.5 Å². The number of hydrogen-bond donors (Lipinski definition) is 0. The highest BCUT2D eigenvalue weighted by molar-refractivity contribution is 7.16. The minimum Gasteiger partial charge on any atom is -0.336 e. The molecule has 0 unspecified atom stereocenters. The maximum absolute atomic E-state index is 13.0. The van der Waals surface area contributed by atoms with Crippen LogP contribution in [0.4, 0.5) is 0 Å². The van der Waals surface area contributed by atoms with Crippen LogP contribution in [0.25, 0.3) is 5.69 Å². The summed E-state index contributed by atoms with van der Waals surface area (Å²) >= 11 is 7.63. The summed E-state index contributed by atoms with van der Waals surface area (Å²) in [6, 6.07) is 13.9. The van der Waals surface area contributed by atoms with Gasteiger partial charge in [0.25, 0.3) is 5.91 Å². The van der Waals surface area contributed by atoms with Crippen LogP contribution in [-0.4, -0.2) is 51.7 Å². The van der Waals surface area contributed by atoms with Gasteiger partial charge in [-0.1, -0.05) is 29.8 Å². The Morgan fingerprint density at radius 3 is 2.52 bits per heavy atom. The normalized spacial score (nSPS) is 15.3. The lowest BCUT2D eigenvalue weighted by atomic mass is 10.2. The molecule has 3 aromatic rings. The van der Waals surface area contributed by atoms with Gasteiger partial charge in [-0.25, -0.2) is 4.68 Å². The second-order valence-corrected chi connectivity index (χ2v) is 8.46. The summed E-state index contributed by atoms with van der Waals surface area (Å²) in [7, 11) is 0. The molecule has 0 aliphatic carbocycles. The maximum atomic E-state index is 13.0. The zero-order chi connectivity index (χ0) is 18.8. The summed E-state index contributed by atoms with van der Waals surface area (Å²) in [6.45, 7) is 6.04. The minimum atomic E-state index is 0.0634. The summed E-state index contributed by atoms with van der Waals surface area (Å²) in [4.78, 5) is 18.5. The van der Waals surface area contributed by atoms with E-state index < -0.39 is 0 Å². The molecule has 1 aliphatic rings. The zero-order valence-electron chi connectivity index (χ0n) is 15.1. The molecule has 0 spiro atoms. The van der Waals surface area contributed by atoms with Crippen LogP contribution in [0.1, 0.15) is 20.9 Å². The summed E-state index contributed by atoms with van der Waals surface area (Å²) in [5.74, 6) is 0.0634. The Kier molecular flexibility index (Phi) is 5.29. The van der Waals surface area contributed by atoms with Gasteiger partial charge in [-0.2, -0.15) is 5.10 Å². The van der Waals surface area contributed by atoms with Crippen molar-refractivity contribution in [3.63, 3.8) is 0 Å². The van der Waals surface area contributed by atoms with E-state index in [0.29, 0.717) is 5.56 Å². The molecule has 5 nitrogen and oxygen atoms in total. The fraction of sp³-hybridized carbons (Fsp3) is 0.300. The van der Waals surface area contributed by atoms with Crippen molar-refractivity contribution in [2.24, 2.45) is 0 Å². The largest absolute Gasteiger partial charge is 0.336 e. The molecule has 140 valence electrons. The van der Waals surface area contributed by atoms with Crippen LogP contribution < -0.4 is 0 Å². The third-order valence-electron chi connectivity index (χ3n) is 4.91. The standard InChI is InChI=1S/C20H21ClN4OS/c1-15-18(13-22-25(15)16-5-3-2-4-6-16)20(26)24-11-9-23(10-12-24)14-17-7-8-19(21)27-17/h2-8,13H,9-12,14H2,1H3. The van der Waals surface area contributed by atoms with Crippen molar-refractivity contribution >= 4 is 28.8 Å². The topological polar surface area (TPSA) is 41.4 Å². The first-order chi connectivity index (χ1) is 13.1. The minimum absolute atomic E-state index is 0.0634. The summed E-state index contributed by atoms with van der Waals surface area (Å²) in [5, 5.41) is 4.42. The zero-order valence-corrected chi connectivity index (χ0v) is 16.7. The molecule has 27 heavy (non-hydrogen) atoms. The number of benzene rings is 1. The van der Waals surface area contributed by atoms with Crippen molar-refractivity contribution in [1.29, 1.82) is 0 Å². The van der Waals surface area contributed by atoms with E-state index in [-0.39, 0.29) is 5.91 Å². The Balaban J connectivity index is 1.40. The van der Waals surface area contributed by atoms with Crippen LogP contribution in [0.15, 0.2) is 48.7 Å². The lowest BCUT2D eigenvalue weighted by molar-refractivity contribution is 0.0629. The van der Waals surface area contributed by atoms with Crippen LogP contribution in [0.2, 0.25) is 4.34 Å². The van der Waals surface area contributed by atoms with E-state index in [0.717, 1.165) is 48.4 Å². The second-order valence-electron chi connectivity index (χ2n) is 6.67. The molecule has 1 amide bonds. The third-order valence-corrected chi connectivity index (χ3v) is 6.12. The average Bonchev–Trinajstić information content (AvgIpc) is 3.28. The molecular formula is C20H21ClN4OS. The fourth-order valence-corrected chi connectivity index (χ4v) is 4.52. The van der Waals surface area contributed by atoms with Crippen molar-refractivity contribution in [2.45, 2.75) is 13.5 Å². The Morgan fingerprint density at radius 1 is 1.11 bits per heavy atom. The molecule has 1 aliphatic heterocycles. The van der Waals surface area contributed by atoms with Gasteiger partial charge < -0.3 is 4.90 Å².